The van der Waals surface area contributed by atoms with E-state index in [0.29, 0.717) is 36.0 Å². The zero-order valence-electron chi connectivity index (χ0n) is 14.2. The van der Waals surface area contributed by atoms with E-state index in [2.05, 4.69) is 5.32 Å². The zero-order valence-corrected chi connectivity index (χ0v) is 14.9. The summed E-state index contributed by atoms with van der Waals surface area (Å²) >= 11 is 5.97. The number of benzene rings is 2. The molecule has 0 fully saturated rings. The van der Waals surface area contributed by atoms with Crippen LogP contribution in [0.15, 0.2) is 36.4 Å². The van der Waals surface area contributed by atoms with Crippen LogP contribution in [0.5, 0.6) is 11.5 Å². The van der Waals surface area contributed by atoms with E-state index in [1.807, 2.05) is 38.1 Å². The van der Waals surface area contributed by atoms with Crippen LogP contribution in [-0.4, -0.2) is 19.6 Å². The average molecular weight is 348 g/mol. The molecule has 0 unspecified atom stereocenters. The smallest absolute Gasteiger partial charge is 0.224 e. The van der Waals surface area contributed by atoms with E-state index in [1.165, 1.54) is 0 Å². The van der Waals surface area contributed by atoms with Gasteiger partial charge < -0.3 is 14.8 Å². The fourth-order valence-electron chi connectivity index (χ4n) is 2.34. The summed E-state index contributed by atoms with van der Waals surface area (Å²) in [5, 5.41) is 3.51. The van der Waals surface area contributed by atoms with Crippen molar-refractivity contribution in [2.75, 3.05) is 19.0 Å². The molecule has 2 aromatic rings. The van der Waals surface area contributed by atoms with Gasteiger partial charge in [-0.15, -0.1) is 0 Å². The highest BCUT2D eigenvalue weighted by atomic mass is 35.5. The number of carbonyl (C=O) groups is 1. The van der Waals surface area contributed by atoms with Crippen molar-refractivity contribution in [1.29, 1.82) is 0 Å². The molecule has 1 N–H and O–H groups in total. The Bertz CT molecular complexity index is 716. The van der Waals surface area contributed by atoms with Crippen molar-refractivity contribution in [2.24, 2.45) is 0 Å². The summed E-state index contributed by atoms with van der Waals surface area (Å²) < 4.78 is 10.8. The first kappa shape index (κ1) is 18.1. The van der Waals surface area contributed by atoms with Crippen molar-refractivity contribution in [3.8, 4) is 11.5 Å². The number of methoxy groups -OCH3 is 1. The molecule has 0 saturated heterocycles. The summed E-state index contributed by atoms with van der Waals surface area (Å²) in [6.07, 6.45) is 0.997. The van der Waals surface area contributed by atoms with E-state index in [-0.39, 0.29) is 5.91 Å². The minimum Gasteiger partial charge on any atom is -0.493 e. The minimum absolute atomic E-state index is 0.0479. The highest BCUT2D eigenvalue weighted by Gasteiger charge is 2.09. The van der Waals surface area contributed by atoms with Gasteiger partial charge in [0.25, 0.3) is 0 Å². The van der Waals surface area contributed by atoms with Gasteiger partial charge in [0.1, 0.15) is 0 Å². The molecular formula is C19H22ClNO3. The van der Waals surface area contributed by atoms with Gasteiger partial charge in [-0.2, -0.15) is 0 Å². The van der Waals surface area contributed by atoms with Crippen molar-refractivity contribution < 1.29 is 14.3 Å². The maximum atomic E-state index is 12.2. The molecule has 24 heavy (non-hydrogen) atoms. The summed E-state index contributed by atoms with van der Waals surface area (Å²) in [7, 11) is 1.61. The second-order valence-corrected chi connectivity index (χ2v) is 5.86. The molecule has 2 rings (SSSR count). The minimum atomic E-state index is -0.0479. The molecule has 2 aromatic carbocycles. The molecule has 0 heterocycles. The van der Waals surface area contributed by atoms with Crippen LogP contribution in [0.1, 0.15) is 24.5 Å². The summed E-state index contributed by atoms with van der Waals surface area (Å²) in [6, 6.07) is 11.2. The Morgan fingerprint density at radius 1 is 1.17 bits per heavy atom. The number of anilines is 1. The molecule has 0 aromatic heterocycles. The van der Waals surface area contributed by atoms with Gasteiger partial charge in [-0.1, -0.05) is 23.7 Å². The molecule has 0 saturated carbocycles. The van der Waals surface area contributed by atoms with E-state index >= 15 is 0 Å². The van der Waals surface area contributed by atoms with Crippen LogP contribution in [0, 0.1) is 6.92 Å². The highest BCUT2D eigenvalue weighted by Crippen LogP contribution is 2.28. The van der Waals surface area contributed by atoms with Gasteiger partial charge in [0.2, 0.25) is 5.91 Å². The third-order valence-electron chi connectivity index (χ3n) is 3.64. The van der Waals surface area contributed by atoms with Crippen LogP contribution < -0.4 is 14.8 Å². The van der Waals surface area contributed by atoms with Crippen molar-refractivity contribution in [1.82, 2.24) is 0 Å². The summed E-state index contributed by atoms with van der Waals surface area (Å²) in [5.74, 6) is 1.34. The SMILES string of the molecule is CCOc1ccc(CCC(=O)Nc2cc(Cl)ccc2C)cc1OC. The van der Waals surface area contributed by atoms with E-state index in [4.69, 9.17) is 21.1 Å². The average Bonchev–Trinajstić information content (AvgIpc) is 2.57. The second-order valence-electron chi connectivity index (χ2n) is 5.43. The number of nitrogens with one attached hydrogen (secondary N) is 1. The van der Waals surface area contributed by atoms with Gasteiger partial charge in [0.15, 0.2) is 11.5 Å². The Labute approximate surface area is 147 Å². The summed E-state index contributed by atoms with van der Waals surface area (Å²) in [6.45, 7) is 4.44. The Morgan fingerprint density at radius 2 is 1.96 bits per heavy atom. The Morgan fingerprint density at radius 3 is 2.67 bits per heavy atom. The van der Waals surface area contributed by atoms with Crippen molar-refractivity contribution in [3.63, 3.8) is 0 Å². The molecule has 4 nitrogen and oxygen atoms in total. The van der Waals surface area contributed by atoms with Crippen LogP contribution in [0.25, 0.3) is 0 Å². The van der Waals surface area contributed by atoms with Gasteiger partial charge in [-0.05, 0) is 55.7 Å². The number of halogens is 1. The van der Waals surface area contributed by atoms with E-state index in [1.54, 1.807) is 19.2 Å². The van der Waals surface area contributed by atoms with Crippen molar-refractivity contribution >= 4 is 23.2 Å². The van der Waals surface area contributed by atoms with Crippen molar-refractivity contribution in [3.05, 3.63) is 52.5 Å². The number of aryl methyl sites for hydroxylation is 2. The van der Waals surface area contributed by atoms with Crippen LogP contribution in [0.4, 0.5) is 5.69 Å². The number of hydrogen-bond acceptors (Lipinski definition) is 3. The monoisotopic (exact) mass is 347 g/mol. The Kier molecular flexibility index (Phi) is 6.50. The number of hydrogen-bond donors (Lipinski definition) is 1. The van der Waals surface area contributed by atoms with Gasteiger partial charge in [0.05, 0.1) is 13.7 Å². The topological polar surface area (TPSA) is 47.6 Å². The molecule has 0 aliphatic rings. The first-order chi connectivity index (χ1) is 11.5. The standard InChI is InChI=1S/C19H22ClNO3/c1-4-24-17-9-6-14(11-18(17)23-3)7-10-19(22)21-16-12-15(20)8-5-13(16)2/h5-6,8-9,11-12H,4,7,10H2,1-3H3,(H,21,22). The van der Waals surface area contributed by atoms with E-state index in [9.17, 15) is 4.79 Å². The molecular weight excluding hydrogens is 326 g/mol. The summed E-state index contributed by atoms with van der Waals surface area (Å²) in [4.78, 5) is 12.2. The first-order valence-corrected chi connectivity index (χ1v) is 8.27. The van der Waals surface area contributed by atoms with Crippen LogP contribution >= 0.6 is 11.6 Å². The third-order valence-corrected chi connectivity index (χ3v) is 3.88. The summed E-state index contributed by atoms with van der Waals surface area (Å²) in [5.41, 5.74) is 2.75. The molecule has 1 amide bonds. The number of carbonyl (C=O) groups excluding carboxylic acids is 1. The normalized spacial score (nSPS) is 10.3. The molecule has 0 aliphatic heterocycles. The van der Waals surface area contributed by atoms with Crippen LogP contribution in [-0.2, 0) is 11.2 Å². The van der Waals surface area contributed by atoms with Gasteiger partial charge in [-0.3, -0.25) is 4.79 Å². The largest absolute Gasteiger partial charge is 0.493 e. The molecule has 128 valence electrons. The lowest BCUT2D eigenvalue weighted by molar-refractivity contribution is -0.116. The van der Waals surface area contributed by atoms with Crippen LogP contribution in [0.3, 0.4) is 0 Å². The lowest BCUT2D eigenvalue weighted by atomic mass is 10.1. The van der Waals surface area contributed by atoms with E-state index in [0.717, 1.165) is 16.8 Å². The maximum Gasteiger partial charge on any atom is 0.224 e. The fraction of sp³-hybridized carbons (Fsp3) is 0.316. The van der Waals surface area contributed by atoms with Crippen LogP contribution in [0.2, 0.25) is 5.02 Å². The van der Waals surface area contributed by atoms with Gasteiger partial charge in [0, 0.05) is 17.1 Å². The lowest BCUT2D eigenvalue weighted by Crippen LogP contribution is -2.13. The molecule has 5 heteroatoms. The number of rotatable bonds is 7. The zero-order chi connectivity index (χ0) is 17.5. The van der Waals surface area contributed by atoms with Gasteiger partial charge in [-0.25, -0.2) is 0 Å². The Hall–Kier alpha value is -2.20. The molecule has 0 spiro atoms. The Balaban J connectivity index is 1.97. The lowest BCUT2D eigenvalue weighted by Gasteiger charge is -2.11. The molecule has 0 bridgehead atoms. The highest BCUT2D eigenvalue weighted by molar-refractivity contribution is 6.31. The fourth-order valence-corrected chi connectivity index (χ4v) is 2.51. The molecule has 0 aliphatic carbocycles. The third kappa shape index (κ3) is 4.90. The second kappa shape index (κ2) is 8.60. The van der Waals surface area contributed by atoms with Crippen molar-refractivity contribution in [2.45, 2.75) is 26.7 Å². The first-order valence-electron chi connectivity index (χ1n) is 7.89. The predicted molar refractivity (Wildman–Crippen MR) is 97.3 cm³/mol. The maximum absolute atomic E-state index is 12.2. The van der Waals surface area contributed by atoms with Gasteiger partial charge >= 0.3 is 0 Å². The van der Waals surface area contributed by atoms with E-state index < -0.39 is 0 Å². The molecule has 0 atom stereocenters. The molecule has 0 radical (unpaired) electrons. The quantitative estimate of drug-likeness (QED) is 0.794. The number of amides is 1. The predicted octanol–water partition coefficient (Wildman–Crippen LogP) is 4.63. The number of ether oxygens (including phenoxy) is 2.